The monoisotopic (exact) mass is 240 g/mol. The minimum atomic E-state index is 0. The fourth-order valence-electron chi connectivity index (χ4n) is 0.870. The summed E-state index contributed by atoms with van der Waals surface area (Å²) in [5.74, 6) is 0. The Morgan fingerprint density at radius 2 is 2.09 bits per heavy atom. The maximum atomic E-state index is 3.16. The van der Waals surface area contributed by atoms with Gasteiger partial charge in [0.2, 0.25) is 0 Å². The zero-order valence-electron chi connectivity index (χ0n) is 6.78. The Balaban J connectivity index is 0.000001000. The summed E-state index contributed by atoms with van der Waals surface area (Å²) >= 11 is 0. The van der Waals surface area contributed by atoms with Crippen LogP contribution in [0.1, 0.15) is 5.56 Å². The van der Waals surface area contributed by atoms with Gasteiger partial charge in [-0.05, 0) is 14.1 Å². The van der Waals surface area contributed by atoms with Crippen LogP contribution in [0.15, 0.2) is 24.3 Å². The van der Waals surface area contributed by atoms with E-state index in [1.54, 1.807) is 0 Å². The third-order valence-electron chi connectivity index (χ3n) is 1.26. The molecule has 0 aliphatic carbocycles. The van der Waals surface area contributed by atoms with E-state index in [9.17, 15) is 0 Å². The quantitative estimate of drug-likeness (QED) is 0.560. The van der Waals surface area contributed by atoms with Crippen molar-refractivity contribution >= 4 is 0 Å². The van der Waals surface area contributed by atoms with Gasteiger partial charge in [0, 0.05) is 6.54 Å². The number of nitrogens with zero attached hydrogens (tertiary/aromatic N) is 1. The van der Waals surface area contributed by atoms with Crippen molar-refractivity contribution in [1.82, 2.24) is 4.90 Å². The van der Waals surface area contributed by atoms with Gasteiger partial charge in [-0.1, -0.05) is 0 Å². The van der Waals surface area contributed by atoms with Gasteiger partial charge in [0.25, 0.3) is 0 Å². The Morgan fingerprint density at radius 1 is 1.36 bits per heavy atom. The van der Waals surface area contributed by atoms with Crippen LogP contribution in [0.4, 0.5) is 0 Å². The number of rotatable bonds is 2. The zero-order valence-corrected chi connectivity index (χ0v) is 8.33. The minimum absolute atomic E-state index is 0. The molecule has 0 saturated heterocycles. The third kappa shape index (κ3) is 4.32. The molecule has 2 heteroatoms. The molecule has 1 aromatic rings. The second kappa shape index (κ2) is 5.49. The van der Waals surface area contributed by atoms with Gasteiger partial charge < -0.3 is 4.90 Å². The molecule has 1 rings (SSSR count). The molecular formula is C9H12NPd+. The van der Waals surface area contributed by atoms with E-state index in [1.807, 2.05) is 18.2 Å². The maximum absolute atomic E-state index is 3.16. The van der Waals surface area contributed by atoms with Gasteiger partial charge >= 0.3 is 20.4 Å². The summed E-state index contributed by atoms with van der Waals surface area (Å²) < 4.78 is 0. The van der Waals surface area contributed by atoms with Crippen LogP contribution in [-0.4, -0.2) is 19.0 Å². The molecule has 11 heavy (non-hydrogen) atoms. The third-order valence-corrected chi connectivity index (χ3v) is 1.26. The second-order valence-electron chi connectivity index (χ2n) is 2.63. The molecule has 0 unspecified atom stereocenters. The summed E-state index contributed by atoms with van der Waals surface area (Å²) in [5.41, 5.74) is 1.24. The first kappa shape index (κ1) is 10.8. The molecule has 0 spiro atoms. The van der Waals surface area contributed by atoms with Crippen LogP contribution in [-0.2, 0) is 27.0 Å². The van der Waals surface area contributed by atoms with Crippen molar-refractivity contribution in [3.05, 3.63) is 35.9 Å². The fraction of sp³-hybridized carbons (Fsp3) is 0.333. The molecule has 1 aromatic carbocycles. The van der Waals surface area contributed by atoms with Crippen LogP contribution >= 0.6 is 0 Å². The molecule has 0 N–H and O–H groups in total. The second-order valence-corrected chi connectivity index (χ2v) is 2.63. The average Bonchev–Trinajstić information content (AvgIpc) is 1.88. The Morgan fingerprint density at radius 3 is 2.55 bits per heavy atom. The topological polar surface area (TPSA) is 3.24 Å². The largest absolute Gasteiger partial charge is 2.00 e. The van der Waals surface area contributed by atoms with Crippen LogP contribution in [0.25, 0.3) is 0 Å². The molecule has 1 nitrogen and oxygen atoms in total. The van der Waals surface area contributed by atoms with E-state index in [1.165, 1.54) is 5.56 Å². The van der Waals surface area contributed by atoms with Crippen LogP contribution in [0.3, 0.4) is 0 Å². The van der Waals surface area contributed by atoms with Crippen molar-refractivity contribution in [1.29, 1.82) is 0 Å². The van der Waals surface area contributed by atoms with E-state index in [2.05, 4.69) is 31.1 Å². The van der Waals surface area contributed by atoms with Crippen molar-refractivity contribution < 1.29 is 20.4 Å². The molecule has 0 bridgehead atoms. The van der Waals surface area contributed by atoms with E-state index in [0.29, 0.717) is 0 Å². The molecule has 0 aliphatic rings. The van der Waals surface area contributed by atoms with E-state index in [0.717, 1.165) is 6.54 Å². The Labute approximate surface area is 82.1 Å². The molecule has 0 aliphatic heterocycles. The number of benzene rings is 1. The molecule has 62 valence electrons. The Hall–Kier alpha value is -0.158. The SMILES string of the molecule is CN(C)Cc1[c-]cccc1.[Pd+2]. The van der Waals surface area contributed by atoms with Gasteiger partial charge in [-0.25, -0.2) is 0 Å². The van der Waals surface area contributed by atoms with Crippen molar-refractivity contribution in [2.45, 2.75) is 6.54 Å². The Bertz CT molecular complexity index is 184. The van der Waals surface area contributed by atoms with Crippen molar-refractivity contribution in [3.8, 4) is 0 Å². The van der Waals surface area contributed by atoms with Crippen molar-refractivity contribution in [2.75, 3.05) is 14.1 Å². The average molecular weight is 241 g/mol. The van der Waals surface area contributed by atoms with Gasteiger partial charge in [-0.2, -0.15) is 30.3 Å². The van der Waals surface area contributed by atoms with E-state index >= 15 is 0 Å². The van der Waals surface area contributed by atoms with Crippen molar-refractivity contribution in [3.63, 3.8) is 0 Å². The first-order valence-electron chi connectivity index (χ1n) is 3.39. The predicted octanol–water partition coefficient (Wildman–Crippen LogP) is 1.55. The molecule has 0 atom stereocenters. The van der Waals surface area contributed by atoms with Gasteiger partial charge in [0.15, 0.2) is 0 Å². The molecule has 0 radical (unpaired) electrons. The first-order chi connectivity index (χ1) is 4.79. The van der Waals surface area contributed by atoms with Gasteiger partial charge in [-0.3, -0.25) is 0 Å². The van der Waals surface area contributed by atoms with E-state index < -0.39 is 0 Å². The summed E-state index contributed by atoms with van der Waals surface area (Å²) in [6, 6.07) is 11.2. The normalized spacial score (nSPS) is 9.36. The van der Waals surface area contributed by atoms with Crippen LogP contribution in [0, 0.1) is 6.07 Å². The molecule has 0 saturated carbocycles. The predicted molar refractivity (Wildman–Crippen MR) is 42.7 cm³/mol. The summed E-state index contributed by atoms with van der Waals surface area (Å²) in [6.07, 6.45) is 0. The number of hydrogen-bond donors (Lipinski definition) is 0. The molecule has 0 fully saturated rings. The summed E-state index contributed by atoms with van der Waals surface area (Å²) in [4.78, 5) is 2.13. The van der Waals surface area contributed by atoms with Gasteiger partial charge in [0.05, 0.1) is 0 Å². The van der Waals surface area contributed by atoms with E-state index in [4.69, 9.17) is 0 Å². The first-order valence-corrected chi connectivity index (χ1v) is 3.39. The van der Waals surface area contributed by atoms with Crippen LogP contribution in [0.5, 0.6) is 0 Å². The molecule has 0 heterocycles. The standard InChI is InChI=1S/C9H12N.Pd/c1-10(2)8-9-6-4-3-5-7-9;/h3-6H,8H2,1-2H3;/q-1;+2. The van der Waals surface area contributed by atoms with Crippen LogP contribution < -0.4 is 0 Å². The fourth-order valence-corrected chi connectivity index (χ4v) is 0.870. The smallest absolute Gasteiger partial charge is 0.307 e. The van der Waals surface area contributed by atoms with Gasteiger partial charge in [0.1, 0.15) is 0 Å². The molecule has 0 aromatic heterocycles. The minimum Gasteiger partial charge on any atom is -0.307 e. The zero-order chi connectivity index (χ0) is 7.40. The molecular weight excluding hydrogens is 229 g/mol. The summed E-state index contributed by atoms with van der Waals surface area (Å²) in [6.45, 7) is 0.973. The Kier molecular flexibility index (Phi) is 5.41. The molecule has 0 amide bonds. The summed E-state index contributed by atoms with van der Waals surface area (Å²) in [7, 11) is 4.11. The van der Waals surface area contributed by atoms with Gasteiger partial charge in [-0.15, -0.1) is 5.56 Å². The van der Waals surface area contributed by atoms with E-state index in [-0.39, 0.29) is 20.4 Å². The summed E-state index contributed by atoms with van der Waals surface area (Å²) in [5, 5.41) is 0. The van der Waals surface area contributed by atoms with Crippen LogP contribution in [0.2, 0.25) is 0 Å². The van der Waals surface area contributed by atoms with Crippen molar-refractivity contribution in [2.24, 2.45) is 0 Å². The maximum Gasteiger partial charge on any atom is 2.00 e. The number of hydrogen-bond acceptors (Lipinski definition) is 1.